The average molecular weight is 289 g/mol. The van der Waals surface area contributed by atoms with Crippen LogP contribution in [0.25, 0.3) is 0 Å². The topological polar surface area (TPSA) is 60.2 Å². The third-order valence-electron chi connectivity index (χ3n) is 3.27. The molecule has 5 nitrogen and oxygen atoms in total. The lowest BCUT2D eigenvalue weighted by Gasteiger charge is -2.12. The van der Waals surface area contributed by atoms with Crippen molar-refractivity contribution in [2.24, 2.45) is 0 Å². The molecule has 2 rings (SSSR count). The molecule has 21 heavy (non-hydrogen) atoms. The average Bonchev–Trinajstić information content (AvgIpc) is 2.90. The SMILES string of the molecule is CCNC(C)CCc1ccc(OCc2nc(C)no2)cc1. The van der Waals surface area contributed by atoms with E-state index >= 15 is 0 Å². The molecule has 0 spiro atoms. The second kappa shape index (κ2) is 7.78. The standard InChI is InChI=1S/C16H23N3O2/c1-4-17-12(2)5-6-14-7-9-15(10-8-14)20-11-16-18-13(3)19-21-16/h7-10,12,17H,4-6,11H2,1-3H3. The van der Waals surface area contributed by atoms with E-state index in [-0.39, 0.29) is 0 Å². The van der Waals surface area contributed by atoms with Crippen molar-refractivity contribution in [3.05, 3.63) is 41.5 Å². The highest BCUT2D eigenvalue weighted by Crippen LogP contribution is 2.15. The van der Waals surface area contributed by atoms with Crippen LogP contribution < -0.4 is 10.1 Å². The Hall–Kier alpha value is -1.88. The Morgan fingerprint density at radius 2 is 2.05 bits per heavy atom. The molecule has 1 heterocycles. The number of rotatable bonds is 8. The maximum atomic E-state index is 5.62. The zero-order chi connectivity index (χ0) is 15.1. The summed E-state index contributed by atoms with van der Waals surface area (Å²) in [4.78, 5) is 4.10. The van der Waals surface area contributed by atoms with Crippen LogP contribution in [0.15, 0.2) is 28.8 Å². The first-order valence-corrected chi connectivity index (χ1v) is 7.41. The van der Waals surface area contributed by atoms with Crippen LogP contribution in [0.5, 0.6) is 5.75 Å². The lowest BCUT2D eigenvalue weighted by atomic mass is 10.1. The highest BCUT2D eigenvalue weighted by molar-refractivity contribution is 5.27. The highest BCUT2D eigenvalue weighted by atomic mass is 16.5. The van der Waals surface area contributed by atoms with Gasteiger partial charge in [0.1, 0.15) is 5.75 Å². The molecule has 1 aromatic carbocycles. The first-order chi connectivity index (χ1) is 10.2. The molecule has 1 N–H and O–H groups in total. The zero-order valence-electron chi connectivity index (χ0n) is 12.9. The van der Waals surface area contributed by atoms with Gasteiger partial charge < -0.3 is 14.6 Å². The van der Waals surface area contributed by atoms with Gasteiger partial charge in [-0.25, -0.2) is 0 Å². The molecule has 0 bridgehead atoms. The van der Waals surface area contributed by atoms with Gasteiger partial charge in [-0.15, -0.1) is 0 Å². The second-order valence-electron chi connectivity index (χ2n) is 5.17. The van der Waals surface area contributed by atoms with E-state index in [1.54, 1.807) is 6.92 Å². The van der Waals surface area contributed by atoms with Crippen LogP contribution in [0.4, 0.5) is 0 Å². The molecule has 2 aromatic rings. The van der Waals surface area contributed by atoms with Crippen molar-refractivity contribution in [1.29, 1.82) is 0 Å². The third kappa shape index (κ3) is 5.19. The Morgan fingerprint density at radius 3 is 2.67 bits per heavy atom. The van der Waals surface area contributed by atoms with Gasteiger partial charge in [0.25, 0.3) is 5.89 Å². The van der Waals surface area contributed by atoms with Crippen LogP contribution in [-0.4, -0.2) is 22.7 Å². The number of aromatic nitrogens is 2. The second-order valence-corrected chi connectivity index (χ2v) is 5.17. The number of aryl methyl sites for hydroxylation is 2. The zero-order valence-corrected chi connectivity index (χ0v) is 12.9. The Morgan fingerprint density at radius 1 is 1.29 bits per heavy atom. The van der Waals surface area contributed by atoms with E-state index < -0.39 is 0 Å². The number of nitrogens with one attached hydrogen (secondary N) is 1. The summed E-state index contributed by atoms with van der Waals surface area (Å²) in [5.41, 5.74) is 1.32. The predicted octanol–water partition coefficient (Wildman–Crippen LogP) is 2.89. The molecule has 0 saturated heterocycles. The summed E-state index contributed by atoms with van der Waals surface area (Å²) in [5, 5.41) is 7.15. The molecule has 5 heteroatoms. The van der Waals surface area contributed by atoms with Crippen LogP contribution in [0.2, 0.25) is 0 Å². The van der Waals surface area contributed by atoms with Crippen LogP contribution >= 0.6 is 0 Å². The molecular formula is C16H23N3O2. The maximum Gasteiger partial charge on any atom is 0.264 e. The van der Waals surface area contributed by atoms with Crippen LogP contribution in [0.3, 0.4) is 0 Å². The minimum atomic E-state index is 0.303. The molecule has 0 saturated carbocycles. The number of benzene rings is 1. The summed E-state index contributed by atoms with van der Waals surface area (Å²) in [6, 6.07) is 8.72. The molecular weight excluding hydrogens is 266 g/mol. The van der Waals surface area contributed by atoms with E-state index in [1.165, 1.54) is 5.56 Å². The van der Waals surface area contributed by atoms with Gasteiger partial charge in [0.05, 0.1) is 0 Å². The number of ether oxygens (including phenoxy) is 1. The highest BCUT2D eigenvalue weighted by Gasteiger charge is 2.04. The summed E-state index contributed by atoms with van der Waals surface area (Å²) >= 11 is 0. The summed E-state index contributed by atoms with van der Waals surface area (Å²) < 4.78 is 10.6. The monoisotopic (exact) mass is 289 g/mol. The molecule has 0 radical (unpaired) electrons. The largest absolute Gasteiger partial charge is 0.484 e. The van der Waals surface area contributed by atoms with Gasteiger partial charge in [-0.3, -0.25) is 0 Å². The van der Waals surface area contributed by atoms with Crippen molar-refractivity contribution in [1.82, 2.24) is 15.5 Å². The van der Waals surface area contributed by atoms with Crippen LogP contribution in [-0.2, 0) is 13.0 Å². The summed E-state index contributed by atoms with van der Waals surface area (Å²) in [5.74, 6) is 1.93. The number of hydrogen-bond acceptors (Lipinski definition) is 5. The third-order valence-corrected chi connectivity index (χ3v) is 3.27. The molecule has 0 aliphatic heterocycles. The quantitative estimate of drug-likeness (QED) is 0.809. The summed E-state index contributed by atoms with van der Waals surface area (Å²) in [6.45, 7) is 7.46. The first-order valence-electron chi connectivity index (χ1n) is 7.41. The Balaban J connectivity index is 1.78. The fraction of sp³-hybridized carbons (Fsp3) is 0.500. The molecule has 0 fully saturated rings. The fourth-order valence-electron chi connectivity index (χ4n) is 2.13. The Kier molecular flexibility index (Phi) is 5.75. The van der Waals surface area contributed by atoms with E-state index in [0.717, 1.165) is 25.1 Å². The summed E-state index contributed by atoms with van der Waals surface area (Å²) in [7, 11) is 0. The van der Waals surface area contributed by atoms with E-state index in [1.807, 2.05) is 12.1 Å². The molecule has 0 aliphatic carbocycles. The molecule has 1 aromatic heterocycles. The smallest absolute Gasteiger partial charge is 0.264 e. The van der Waals surface area contributed by atoms with Crippen molar-refractivity contribution in [2.75, 3.05) is 6.54 Å². The molecule has 114 valence electrons. The number of nitrogens with zero attached hydrogens (tertiary/aromatic N) is 2. The molecule has 1 unspecified atom stereocenters. The van der Waals surface area contributed by atoms with E-state index in [9.17, 15) is 0 Å². The van der Waals surface area contributed by atoms with Gasteiger partial charge in [0.15, 0.2) is 12.4 Å². The molecule has 0 amide bonds. The van der Waals surface area contributed by atoms with Crippen molar-refractivity contribution in [2.45, 2.75) is 46.3 Å². The van der Waals surface area contributed by atoms with Crippen LogP contribution in [0, 0.1) is 6.92 Å². The molecule has 0 aliphatic rings. The van der Waals surface area contributed by atoms with Crippen molar-refractivity contribution in [3.8, 4) is 5.75 Å². The first kappa shape index (κ1) is 15.5. The predicted molar refractivity (Wildman–Crippen MR) is 81.3 cm³/mol. The van der Waals surface area contributed by atoms with Crippen molar-refractivity contribution in [3.63, 3.8) is 0 Å². The van der Waals surface area contributed by atoms with Crippen LogP contribution in [0.1, 0.15) is 37.5 Å². The van der Waals surface area contributed by atoms with Gasteiger partial charge >= 0.3 is 0 Å². The normalized spacial score (nSPS) is 12.3. The maximum absolute atomic E-state index is 5.62. The lowest BCUT2D eigenvalue weighted by Crippen LogP contribution is -2.25. The molecule has 1 atom stereocenters. The van der Waals surface area contributed by atoms with Gasteiger partial charge in [-0.1, -0.05) is 24.2 Å². The van der Waals surface area contributed by atoms with E-state index in [2.05, 4.69) is 41.4 Å². The Bertz CT molecular complexity index is 537. The van der Waals surface area contributed by atoms with Crippen molar-refractivity contribution >= 4 is 0 Å². The van der Waals surface area contributed by atoms with E-state index in [0.29, 0.717) is 24.4 Å². The van der Waals surface area contributed by atoms with Gasteiger partial charge in [0.2, 0.25) is 0 Å². The fourth-order valence-corrected chi connectivity index (χ4v) is 2.13. The lowest BCUT2D eigenvalue weighted by molar-refractivity contribution is 0.242. The Labute approximate surface area is 125 Å². The van der Waals surface area contributed by atoms with Gasteiger partial charge in [0, 0.05) is 6.04 Å². The van der Waals surface area contributed by atoms with Crippen molar-refractivity contribution < 1.29 is 9.26 Å². The van der Waals surface area contributed by atoms with E-state index in [4.69, 9.17) is 9.26 Å². The number of hydrogen-bond donors (Lipinski definition) is 1. The van der Waals surface area contributed by atoms with Gasteiger partial charge in [-0.2, -0.15) is 4.98 Å². The minimum absolute atomic E-state index is 0.303. The van der Waals surface area contributed by atoms with Gasteiger partial charge in [-0.05, 0) is 50.9 Å². The summed E-state index contributed by atoms with van der Waals surface area (Å²) in [6.07, 6.45) is 2.20. The minimum Gasteiger partial charge on any atom is -0.484 e.